The third-order valence-corrected chi connectivity index (χ3v) is 8.29. The lowest BCUT2D eigenvalue weighted by Gasteiger charge is -2.35. The molecule has 2 saturated heterocycles. The van der Waals surface area contributed by atoms with Gasteiger partial charge in [-0.2, -0.15) is 5.26 Å². The van der Waals surface area contributed by atoms with Crippen molar-refractivity contribution in [1.29, 1.82) is 5.26 Å². The highest BCUT2D eigenvalue weighted by Crippen LogP contribution is 2.37. The predicted molar refractivity (Wildman–Crippen MR) is 153 cm³/mol. The van der Waals surface area contributed by atoms with Crippen LogP contribution in [0.2, 0.25) is 0 Å². The van der Waals surface area contributed by atoms with E-state index in [1.165, 1.54) is 11.8 Å². The molecule has 0 unspecified atom stereocenters. The molecule has 38 heavy (non-hydrogen) atoms. The van der Waals surface area contributed by atoms with Crippen LogP contribution < -0.4 is 10.5 Å². The quantitative estimate of drug-likeness (QED) is 0.287. The van der Waals surface area contributed by atoms with E-state index in [2.05, 4.69) is 11.0 Å². The average molecular weight is 551 g/mol. The number of carbonyl (C=O) groups excluding carboxylic acids is 2. The Bertz CT molecular complexity index is 1390. The van der Waals surface area contributed by atoms with E-state index in [9.17, 15) is 19.6 Å². The molecule has 2 aliphatic rings. The number of anilines is 1. The van der Waals surface area contributed by atoms with Crippen molar-refractivity contribution in [2.75, 3.05) is 24.6 Å². The second-order valence-corrected chi connectivity index (χ2v) is 10.8. The third kappa shape index (κ3) is 5.40. The maximum absolute atomic E-state index is 13.4. The summed E-state index contributed by atoms with van der Waals surface area (Å²) in [4.78, 5) is 43.1. The van der Waals surface area contributed by atoms with Gasteiger partial charge < -0.3 is 9.64 Å². The summed E-state index contributed by atoms with van der Waals surface area (Å²) in [5.41, 5.74) is 1.85. The molecular weight excluding hydrogens is 520 g/mol. The van der Waals surface area contributed by atoms with Crippen LogP contribution >= 0.6 is 24.0 Å². The third-order valence-electron chi connectivity index (χ3n) is 6.91. The number of ether oxygens (including phenoxy) is 1. The first-order valence-corrected chi connectivity index (χ1v) is 13.9. The van der Waals surface area contributed by atoms with Crippen molar-refractivity contribution in [1.82, 2.24) is 9.47 Å². The van der Waals surface area contributed by atoms with E-state index in [0.717, 1.165) is 5.56 Å². The first kappa shape index (κ1) is 27.6. The van der Waals surface area contributed by atoms with E-state index in [4.69, 9.17) is 17.0 Å². The van der Waals surface area contributed by atoms with Gasteiger partial charge in [0.1, 0.15) is 21.8 Å². The Morgan fingerprint density at radius 2 is 1.89 bits per heavy atom. The molecule has 198 valence electrons. The largest absolute Gasteiger partial charge is 0.466 e. The van der Waals surface area contributed by atoms with Gasteiger partial charge in [0.15, 0.2) is 0 Å². The Morgan fingerprint density at radius 3 is 2.50 bits per heavy atom. The van der Waals surface area contributed by atoms with E-state index >= 15 is 0 Å². The van der Waals surface area contributed by atoms with E-state index in [1.54, 1.807) is 29.4 Å². The maximum atomic E-state index is 13.4. The SMILES string of the molecule is CCOC(=O)C1CCN(c2c(/C=C3\SC(=S)N(Cc4ccccc4)C3=O)c(C)c(C#N)c(=O)n2CC)CC1. The second kappa shape index (κ2) is 12.0. The molecule has 1 aromatic carbocycles. The zero-order valence-electron chi connectivity index (χ0n) is 21.7. The lowest BCUT2D eigenvalue weighted by atomic mass is 9.95. The van der Waals surface area contributed by atoms with Crippen LogP contribution in [0.5, 0.6) is 0 Å². The molecule has 2 aromatic rings. The molecule has 2 fully saturated rings. The number of nitriles is 1. The number of esters is 1. The number of piperidine rings is 1. The highest BCUT2D eigenvalue weighted by Gasteiger charge is 2.34. The molecular formula is C28H30N4O4S2. The molecule has 1 aromatic heterocycles. The van der Waals surface area contributed by atoms with Crippen LogP contribution in [0.25, 0.3) is 6.08 Å². The first-order valence-electron chi connectivity index (χ1n) is 12.7. The van der Waals surface area contributed by atoms with Gasteiger partial charge in [0.2, 0.25) is 0 Å². The van der Waals surface area contributed by atoms with Crippen LogP contribution in [0.3, 0.4) is 0 Å². The standard InChI is InChI=1S/C28H30N4O4S2/c1-4-31-24(30-13-11-20(12-14-30)27(35)36-5-2)21(18(3)22(16-29)25(31)33)15-23-26(34)32(28(37)38-23)17-19-9-7-6-8-10-19/h6-10,15,20H,4-5,11-14,17H2,1-3H3/b23-15-. The lowest BCUT2D eigenvalue weighted by Crippen LogP contribution is -2.41. The summed E-state index contributed by atoms with van der Waals surface area (Å²) < 4.78 is 7.26. The Balaban J connectivity index is 1.74. The fourth-order valence-electron chi connectivity index (χ4n) is 4.90. The Morgan fingerprint density at radius 1 is 1.21 bits per heavy atom. The number of amides is 1. The molecule has 8 nitrogen and oxygen atoms in total. The number of thioether (sulfide) groups is 1. The van der Waals surface area contributed by atoms with Gasteiger partial charge in [-0.1, -0.05) is 54.3 Å². The van der Waals surface area contributed by atoms with Gasteiger partial charge in [-0.05, 0) is 50.8 Å². The van der Waals surface area contributed by atoms with E-state index < -0.39 is 0 Å². The smallest absolute Gasteiger partial charge is 0.309 e. The monoisotopic (exact) mass is 550 g/mol. The number of carbonyl (C=O) groups is 2. The van der Waals surface area contributed by atoms with Crippen molar-refractivity contribution >= 4 is 52.1 Å². The van der Waals surface area contributed by atoms with Crippen molar-refractivity contribution < 1.29 is 14.3 Å². The van der Waals surface area contributed by atoms with Crippen LogP contribution in [0.1, 0.15) is 48.9 Å². The van der Waals surface area contributed by atoms with Gasteiger partial charge in [0.25, 0.3) is 11.5 Å². The summed E-state index contributed by atoms with van der Waals surface area (Å²) >= 11 is 6.76. The zero-order chi connectivity index (χ0) is 27.4. The summed E-state index contributed by atoms with van der Waals surface area (Å²) in [5.74, 6) is 0.0659. The molecule has 0 N–H and O–H groups in total. The Hall–Kier alpha value is -3.42. The van der Waals surface area contributed by atoms with Crippen LogP contribution in [-0.2, 0) is 27.4 Å². The van der Waals surface area contributed by atoms with Gasteiger partial charge in [0, 0.05) is 25.2 Å². The van der Waals surface area contributed by atoms with Crippen LogP contribution in [-0.4, -0.2) is 45.4 Å². The fourth-order valence-corrected chi connectivity index (χ4v) is 6.14. The second-order valence-electron chi connectivity index (χ2n) is 9.17. The first-order chi connectivity index (χ1) is 18.3. The summed E-state index contributed by atoms with van der Waals surface area (Å²) in [5, 5.41) is 9.80. The summed E-state index contributed by atoms with van der Waals surface area (Å²) in [7, 11) is 0. The van der Waals surface area contributed by atoms with Crippen molar-refractivity contribution in [3.63, 3.8) is 0 Å². The molecule has 0 radical (unpaired) electrons. The fraction of sp³-hybridized carbons (Fsp3) is 0.393. The normalized spacial score (nSPS) is 17.3. The number of thiocarbonyl (C=S) groups is 1. The number of aromatic nitrogens is 1. The number of pyridine rings is 1. The van der Waals surface area contributed by atoms with Crippen LogP contribution in [0, 0.1) is 24.2 Å². The minimum Gasteiger partial charge on any atom is -0.466 e. The maximum Gasteiger partial charge on any atom is 0.309 e. The summed E-state index contributed by atoms with van der Waals surface area (Å²) in [6, 6.07) is 11.7. The van der Waals surface area contributed by atoms with Crippen LogP contribution in [0.4, 0.5) is 5.82 Å². The number of benzene rings is 1. The molecule has 10 heteroatoms. The predicted octanol–water partition coefficient (Wildman–Crippen LogP) is 4.23. The van der Waals surface area contributed by atoms with E-state index in [1.807, 2.05) is 37.3 Å². The minimum absolute atomic E-state index is 0.0584. The van der Waals surface area contributed by atoms with Gasteiger partial charge in [-0.25, -0.2) is 0 Å². The molecule has 3 heterocycles. The molecule has 0 saturated carbocycles. The van der Waals surface area contributed by atoms with Gasteiger partial charge in [-0.15, -0.1) is 0 Å². The molecule has 0 spiro atoms. The summed E-state index contributed by atoms with van der Waals surface area (Å²) in [6.45, 7) is 7.55. The highest BCUT2D eigenvalue weighted by atomic mass is 32.2. The number of hydrogen-bond acceptors (Lipinski definition) is 8. The number of hydrogen-bond donors (Lipinski definition) is 0. The number of rotatable bonds is 7. The Kier molecular flexibility index (Phi) is 8.69. The van der Waals surface area contributed by atoms with E-state index in [0.29, 0.717) is 71.8 Å². The van der Waals surface area contributed by atoms with Gasteiger partial charge >= 0.3 is 5.97 Å². The topological polar surface area (TPSA) is 95.6 Å². The molecule has 4 rings (SSSR count). The molecule has 0 aliphatic carbocycles. The van der Waals surface area contributed by atoms with Crippen molar-refractivity contribution in [3.05, 3.63) is 67.8 Å². The summed E-state index contributed by atoms with van der Waals surface area (Å²) in [6.07, 6.45) is 2.95. The Labute approximate surface area is 231 Å². The van der Waals surface area contributed by atoms with Crippen LogP contribution in [0.15, 0.2) is 40.0 Å². The molecule has 0 atom stereocenters. The minimum atomic E-state index is -0.358. The number of nitrogens with zero attached hydrogens (tertiary/aromatic N) is 4. The van der Waals surface area contributed by atoms with Gasteiger partial charge in [-0.3, -0.25) is 23.9 Å². The molecule has 0 bridgehead atoms. The lowest BCUT2D eigenvalue weighted by molar-refractivity contribution is -0.148. The van der Waals surface area contributed by atoms with E-state index in [-0.39, 0.29) is 28.9 Å². The van der Waals surface area contributed by atoms with Crippen molar-refractivity contribution in [2.45, 2.75) is 46.7 Å². The van der Waals surface area contributed by atoms with Crippen molar-refractivity contribution in [3.8, 4) is 6.07 Å². The average Bonchev–Trinajstić information content (AvgIpc) is 3.18. The zero-order valence-corrected chi connectivity index (χ0v) is 23.4. The highest BCUT2D eigenvalue weighted by molar-refractivity contribution is 8.26. The van der Waals surface area contributed by atoms with Gasteiger partial charge in [0.05, 0.1) is 24.0 Å². The molecule has 1 amide bonds. The van der Waals surface area contributed by atoms with Crippen molar-refractivity contribution in [2.24, 2.45) is 5.92 Å². The molecule has 2 aliphatic heterocycles.